The van der Waals surface area contributed by atoms with Crippen LogP contribution in [0.5, 0.6) is 0 Å². The van der Waals surface area contributed by atoms with E-state index in [1.165, 1.54) is 6.20 Å². The van der Waals surface area contributed by atoms with E-state index in [4.69, 9.17) is 10.7 Å². The Morgan fingerprint density at radius 2 is 2.12 bits per heavy atom. The van der Waals surface area contributed by atoms with Crippen molar-refractivity contribution in [3.05, 3.63) is 23.9 Å². The van der Waals surface area contributed by atoms with Crippen LogP contribution in [0.4, 0.5) is 0 Å². The van der Waals surface area contributed by atoms with E-state index >= 15 is 0 Å². The van der Waals surface area contributed by atoms with Gasteiger partial charge in [0, 0.05) is 30.1 Å². The van der Waals surface area contributed by atoms with Crippen LogP contribution in [0.25, 0.3) is 0 Å². The molecule has 2 aromatic heterocycles. The first-order chi connectivity index (χ1) is 7.86. The van der Waals surface area contributed by atoms with E-state index in [2.05, 4.69) is 15.3 Å². The molecule has 9 heteroatoms. The number of hydrogen-bond acceptors (Lipinski definition) is 5. The first kappa shape index (κ1) is 12.1. The van der Waals surface area contributed by atoms with Crippen molar-refractivity contribution in [1.29, 1.82) is 0 Å². The zero-order chi connectivity index (χ0) is 12.6. The summed E-state index contributed by atoms with van der Waals surface area (Å²) in [6.07, 6.45) is 3.13. The Hall–Kier alpha value is -1.41. The lowest BCUT2D eigenvalue weighted by atomic mass is 10.4. The predicted molar refractivity (Wildman–Crippen MR) is 60.1 cm³/mol. The summed E-state index contributed by atoms with van der Waals surface area (Å²) >= 11 is 0. The van der Waals surface area contributed by atoms with Crippen molar-refractivity contribution in [1.82, 2.24) is 24.5 Å². The van der Waals surface area contributed by atoms with Crippen molar-refractivity contribution in [3.63, 3.8) is 0 Å². The van der Waals surface area contributed by atoms with Gasteiger partial charge >= 0.3 is 0 Å². The summed E-state index contributed by atoms with van der Waals surface area (Å²) in [7, 11) is 3.18. The van der Waals surface area contributed by atoms with Crippen molar-refractivity contribution in [2.24, 2.45) is 7.05 Å². The third-order valence-electron chi connectivity index (χ3n) is 2.19. The van der Waals surface area contributed by atoms with E-state index in [1.807, 2.05) is 0 Å². The molecule has 92 valence electrons. The molecule has 2 aromatic rings. The van der Waals surface area contributed by atoms with Crippen LogP contribution < -0.4 is 0 Å². The van der Waals surface area contributed by atoms with E-state index < -0.39 is 9.05 Å². The first-order valence-electron chi connectivity index (χ1n) is 4.70. The van der Waals surface area contributed by atoms with Crippen LogP contribution in [0.2, 0.25) is 0 Å². The fourth-order valence-electron chi connectivity index (χ4n) is 1.40. The second kappa shape index (κ2) is 4.11. The lowest BCUT2D eigenvalue weighted by molar-refractivity contribution is 0.606. The topological polar surface area (TPSA) is 82.7 Å². The molecule has 17 heavy (non-hydrogen) atoms. The Bertz CT molecular complexity index is 645. The van der Waals surface area contributed by atoms with Crippen molar-refractivity contribution >= 4 is 19.7 Å². The Morgan fingerprint density at radius 1 is 1.41 bits per heavy atom. The van der Waals surface area contributed by atoms with Crippen LogP contribution in [-0.4, -0.2) is 33.0 Å². The maximum atomic E-state index is 11.1. The summed E-state index contributed by atoms with van der Waals surface area (Å²) < 4.78 is 25.4. The van der Waals surface area contributed by atoms with Crippen LogP contribution in [0.3, 0.4) is 0 Å². The van der Waals surface area contributed by atoms with Gasteiger partial charge in [-0.1, -0.05) is 5.21 Å². The summed E-state index contributed by atoms with van der Waals surface area (Å²) in [5.74, 6) is 0.551. The average Bonchev–Trinajstić information content (AvgIpc) is 2.74. The number of nitrogens with zero attached hydrogens (tertiary/aromatic N) is 5. The van der Waals surface area contributed by atoms with E-state index in [0.717, 1.165) is 0 Å². The zero-order valence-corrected chi connectivity index (χ0v) is 10.8. The van der Waals surface area contributed by atoms with Crippen molar-refractivity contribution in [2.75, 3.05) is 0 Å². The largest absolute Gasteiger partial charge is 0.328 e. The number of rotatable bonds is 3. The minimum absolute atomic E-state index is 0.152. The number of imidazole rings is 1. The molecule has 0 N–H and O–H groups in total. The van der Waals surface area contributed by atoms with Gasteiger partial charge in [0.2, 0.25) is 0 Å². The fraction of sp³-hybridized carbons (Fsp3) is 0.375. The molecule has 0 unspecified atom stereocenters. The van der Waals surface area contributed by atoms with Crippen LogP contribution in [0.1, 0.15) is 11.5 Å². The minimum atomic E-state index is -3.79. The Balaban J connectivity index is 2.31. The second-order valence-electron chi connectivity index (χ2n) is 3.58. The predicted octanol–water partition coefficient (Wildman–Crippen LogP) is 0.296. The quantitative estimate of drug-likeness (QED) is 0.752. The van der Waals surface area contributed by atoms with Gasteiger partial charge in [-0.15, -0.1) is 5.10 Å². The molecule has 0 aliphatic carbocycles. The van der Waals surface area contributed by atoms with Crippen molar-refractivity contribution < 1.29 is 8.42 Å². The highest BCUT2D eigenvalue weighted by Gasteiger charge is 2.16. The van der Waals surface area contributed by atoms with Gasteiger partial charge in [0.15, 0.2) is 5.03 Å². The van der Waals surface area contributed by atoms with Gasteiger partial charge in [-0.2, -0.15) is 0 Å². The lowest BCUT2D eigenvalue weighted by Gasteiger charge is -1.99. The third-order valence-corrected chi connectivity index (χ3v) is 3.36. The molecule has 0 bridgehead atoms. The molecular formula is C8H10ClN5O2S. The molecule has 7 nitrogen and oxygen atoms in total. The van der Waals surface area contributed by atoms with E-state index in [-0.39, 0.29) is 5.03 Å². The van der Waals surface area contributed by atoms with Gasteiger partial charge in [0.1, 0.15) is 11.5 Å². The molecule has 0 saturated heterocycles. The normalized spacial score (nSPS) is 11.9. The van der Waals surface area contributed by atoms with Gasteiger partial charge in [0.25, 0.3) is 9.05 Å². The minimum Gasteiger partial charge on any atom is -0.328 e. The summed E-state index contributed by atoms with van der Waals surface area (Å²) in [4.78, 5) is 3.87. The third kappa shape index (κ3) is 2.64. The van der Waals surface area contributed by atoms with E-state index in [0.29, 0.717) is 18.1 Å². The molecule has 0 spiro atoms. The van der Waals surface area contributed by atoms with Gasteiger partial charge in [-0.3, -0.25) is 4.68 Å². The summed E-state index contributed by atoms with van der Waals surface area (Å²) in [5.41, 5.74) is 0.714. The van der Waals surface area contributed by atoms with E-state index in [9.17, 15) is 8.42 Å². The molecular weight excluding hydrogens is 266 g/mol. The number of aromatic nitrogens is 5. The summed E-state index contributed by atoms with van der Waals surface area (Å²) in [6.45, 7) is 2.10. The zero-order valence-electron chi connectivity index (χ0n) is 9.20. The van der Waals surface area contributed by atoms with Gasteiger partial charge in [-0.25, -0.2) is 13.4 Å². The summed E-state index contributed by atoms with van der Waals surface area (Å²) in [5, 5.41) is 7.54. The second-order valence-corrected chi connectivity index (χ2v) is 6.09. The molecule has 0 fully saturated rings. The van der Waals surface area contributed by atoms with Crippen LogP contribution in [-0.2, 0) is 22.6 Å². The molecule has 0 aliphatic rings. The smallest absolute Gasteiger partial charge is 0.280 e. The molecule has 0 aromatic carbocycles. The lowest BCUT2D eigenvalue weighted by Crippen LogP contribution is -2.01. The molecule has 2 heterocycles. The monoisotopic (exact) mass is 275 g/mol. The van der Waals surface area contributed by atoms with Gasteiger partial charge < -0.3 is 4.57 Å². The average molecular weight is 276 g/mol. The molecule has 0 amide bonds. The van der Waals surface area contributed by atoms with Gasteiger partial charge in [-0.05, 0) is 6.92 Å². The van der Waals surface area contributed by atoms with Crippen LogP contribution in [0.15, 0.2) is 17.4 Å². The van der Waals surface area contributed by atoms with Crippen molar-refractivity contribution in [3.8, 4) is 0 Å². The Morgan fingerprint density at radius 3 is 2.59 bits per heavy atom. The van der Waals surface area contributed by atoms with Crippen molar-refractivity contribution in [2.45, 2.75) is 18.5 Å². The highest BCUT2D eigenvalue weighted by Crippen LogP contribution is 2.14. The number of aryl methyl sites for hydroxylation is 2. The molecule has 0 radical (unpaired) electrons. The number of halogens is 1. The van der Waals surface area contributed by atoms with Crippen LogP contribution in [0, 0.1) is 6.92 Å². The SMILES string of the molecule is Cc1nc(S(=O)(=O)Cl)cn1Cc1cn(C)nn1. The molecule has 0 aliphatic heterocycles. The standard InChI is InChI=1S/C8H10ClN5O2S/c1-6-10-8(17(9,15)16)5-14(6)4-7-3-13(2)12-11-7/h3,5H,4H2,1-2H3. The highest BCUT2D eigenvalue weighted by atomic mass is 35.7. The molecule has 2 rings (SSSR count). The fourth-order valence-corrected chi connectivity index (χ4v) is 2.12. The maximum Gasteiger partial charge on any atom is 0.280 e. The number of hydrogen-bond donors (Lipinski definition) is 0. The highest BCUT2D eigenvalue weighted by molar-refractivity contribution is 8.13. The Kier molecular flexibility index (Phi) is 2.92. The maximum absolute atomic E-state index is 11.1. The molecule has 0 saturated carbocycles. The first-order valence-corrected chi connectivity index (χ1v) is 7.01. The molecule has 0 atom stereocenters. The summed E-state index contributed by atoms with van der Waals surface area (Å²) in [6, 6.07) is 0. The van der Waals surface area contributed by atoms with E-state index in [1.54, 1.807) is 29.4 Å². The van der Waals surface area contributed by atoms with Crippen LogP contribution >= 0.6 is 10.7 Å². The Labute approximate surface area is 102 Å². The van der Waals surface area contributed by atoms with Gasteiger partial charge in [0.05, 0.1) is 6.54 Å².